The zero-order valence-electron chi connectivity index (χ0n) is 16.4. The number of hydrogen-bond acceptors (Lipinski definition) is 6. The van der Waals surface area contributed by atoms with E-state index in [-0.39, 0.29) is 12.2 Å². The molecule has 1 amide bonds. The molecule has 2 aromatic heterocycles. The topological polar surface area (TPSA) is 124 Å². The quantitative estimate of drug-likeness (QED) is 0.239. The molecule has 8 nitrogen and oxygen atoms in total. The number of rotatable bonds is 5. The van der Waals surface area contributed by atoms with Crippen LogP contribution in [0.25, 0.3) is 10.9 Å². The molecule has 0 aliphatic heterocycles. The van der Waals surface area contributed by atoms with Gasteiger partial charge in [-0.1, -0.05) is 5.16 Å². The fraction of sp³-hybridized carbons (Fsp3) is 0.200. The lowest BCUT2D eigenvalue weighted by Gasteiger charge is -2.23. The molecule has 0 saturated heterocycles. The highest BCUT2D eigenvalue weighted by molar-refractivity contribution is 6.00. The van der Waals surface area contributed by atoms with E-state index in [4.69, 9.17) is 10.5 Å². The van der Waals surface area contributed by atoms with E-state index in [1.165, 1.54) is 29.0 Å². The van der Waals surface area contributed by atoms with Crippen LogP contribution in [0.4, 0.5) is 23.2 Å². The maximum absolute atomic E-state index is 13.6. The first-order chi connectivity index (χ1) is 15.0. The van der Waals surface area contributed by atoms with Crippen molar-refractivity contribution >= 4 is 28.7 Å². The SMILES string of the molecule is C[C@](O)(Cn1cc(/C=N\O)c2cc(F)ccc21)C(=O)Nc1cnc(C#N)c(C(F)(F)F)c1. The lowest BCUT2D eigenvalue weighted by atomic mass is 10.1. The lowest BCUT2D eigenvalue weighted by molar-refractivity contribution is -0.138. The molecule has 0 saturated carbocycles. The zero-order valence-corrected chi connectivity index (χ0v) is 16.4. The number of oxime groups is 1. The Morgan fingerprint density at radius 3 is 2.72 bits per heavy atom. The van der Waals surface area contributed by atoms with Crippen LogP contribution in [0.2, 0.25) is 0 Å². The van der Waals surface area contributed by atoms with Crippen molar-refractivity contribution in [2.75, 3.05) is 5.32 Å². The summed E-state index contributed by atoms with van der Waals surface area (Å²) in [7, 11) is 0. The summed E-state index contributed by atoms with van der Waals surface area (Å²) in [4.78, 5) is 16.0. The Morgan fingerprint density at radius 1 is 1.38 bits per heavy atom. The summed E-state index contributed by atoms with van der Waals surface area (Å²) in [5.41, 5.74) is -3.96. The zero-order chi connectivity index (χ0) is 23.7. The summed E-state index contributed by atoms with van der Waals surface area (Å²) < 4.78 is 54.3. The Hall–Kier alpha value is -3.98. The third-order valence-electron chi connectivity index (χ3n) is 4.60. The van der Waals surface area contributed by atoms with Crippen molar-refractivity contribution in [1.82, 2.24) is 9.55 Å². The number of aromatic nitrogens is 2. The number of pyridine rings is 1. The van der Waals surface area contributed by atoms with E-state index in [0.29, 0.717) is 22.5 Å². The van der Waals surface area contributed by atoms with Gasteiger partial charge in [0.1, 0.15) is 11.9 Å². The molecule has 0 unspecified atom stereocenters. The highest BCUT2D eigenvalue weighted by atomic mass is 19.4. The Labute approximate surface area is 178 Å². The normalized spacial score (nSPS) is 13.8. The van der Waals surface area contributed by atoms with Crippen LogP contribution in [0, 0.1) is 17.1 Å². The molecule has 1 aromatic carbocycles. The molecular weight excluding hydrogens is 434 g/mol. The van der Waals surface area contributed by atoms with Gasteiger partial charge in [-0.3, -0.25) is 4.79 Å². The van der Waals surface area contributed by atoms with Crippen molar-refractivity contribution in [2.24, 2.45) is 5.16 Å². The molecular formula is C20H15F4N5O3. The molecule has 0 aliphatic carbocycles. The minimum Gasteiger partial charge on any atom is -0.411 e. The van der Waals surface area contributed by atoms with Crippen LogP contribution < -0.4 is 5.32 Å². The molecule has 32 heavy (non-hydrogen) atoms. The average Bonchev–Trinajstić information content (AvgIpc) is 3.03. The Kier molecular flexibility index (Phi) is 5.87. The van der Waals surface area contributed by atoms with Gasteiger partial charge in [-0.2, -0.15) is 18.4 Å². The number of aliphatic hydroxyl groups is 1. The van der Waals surface area contributed by atoms with Crippen LogP contribution in [0.15, 0.2) is 41.8 Å². The minimum absolute atomic E-state index is 0.310. The number of hydrogen-bond donors (Lipinski definition) is 3. The van der Waals surface area contributed by atoms with Crippen molar-refractivity contribution in [3.8, 4) is 6.07 Å². The standard InChI is InChI=1S/C20H15F4N5O3/c1-19(31,10-29-9-11(7-27-32)14-4-12(21)2-3-17(14)29)18(30)28-13-5-15(20(22,23)24)16(6-25)26-8-13/h2-5,7-9,31-32H,10H2,1H3,(H,28,30)/b27-7-/t19-/m0/s1. The molecule has 0 radical (unpaired) electrons. The van der Waals surface area contributed by atoms with Crippen molar-refractivity contribution in [3.05, 3.63) is 59.3 Å². The first-order valence-electron chi connectivity index (χ1n) is 8.93. The van der Waals surface area contributed by atoms with Crippen LogP contribution in [0.5, 0.6) is 0 Å². The Bertz CT molecular complexity index is 1260. The van der Waals surface area contributed by atoms with Gasteiger partial charge in [-0.05, 0) is 31.2 Å². The number of benzene rings is 1. The second kappa shape index (κ2) is 8.27. The highest BCUT2D eigenvalue weighted by Gasteiger charge is 2.36. The molecule has 0 fully saturated rings. The number of alkyl halides is 3. The van der Waals surface area contributed by atoms with E-state index in [2.05, 4.69) is 15.5 Å². The lowest BCUT2D eigenvalue weighted by Crippen LogP contribution is -2.43. The number of nitrogens with one attached hydrogen (secondary N) is 1. The molecule has 166 valence electrons. The van der Waals surface area contributed by atoms with E-state index < -0.39 is 34.8 Å². The van der Waals surface area contributed by atoms with Gasteiger partial charge in [0.2, 0.25) is 0 Å². The number of anilines is 1. The predicted molar refractivity (Wildman–Crippen MR) is 104 cm³/mol. The third-order valence-corrected chi connectivity index (χ3v) is 4.60. The van der Waals surface area contributed by atoms with Crippen LogP contribution in [-0.2, 0) is 17.5 Å². The monoisotopic (exact) mass is 449 g/mol. The smallest absolute Gasteiger partial charge is 0.411 e. The van der Waals surface area contributed by atoms with Gasteiger partial charge < -0.3 is 20.2 Å². The summed E-state index contributed by atoms with van der Waals surface area (Å²) in [6.07, 6.45) is -1.54. The number of halogens is 4. The summed E-state index contributed by atoms with van der Waals surface area (Å²) in [6.45, 7) is 0.773. The predicted octanol–water partition coefficient (Wildman–Crippen LogP) is 3.26. The van der Waals surface area contributed by atoms with Crippen molar-refractivity contribution in [1.29, 1.82) is 5.26 Å². The Balaban J connectivity index is 1.90. The number of fused-ring (bicyclic) bond motifs is 1. The van der Waals surface area contributed by atoms with Gasteiger partial charge in [0.25, 0.3) is 5.91 Å². The van der Waals surface area contributed by atoms with E-state index in [1.807, 2.05) is 0 Å². The van der Waals surface area contributed by atoms with Gasteiger partial charge in [0.15, 0.2) is 11.3 Å². The van der Waals surface area contributed by atoms with Gasteiger partial charge in [-0.15, -0.1) is 0 Å². The molecule has 0 spiro atoms. The molecule has 3 aromatic rings. The fourth-order valence-corrected chi connectivity index (χ4v) is 3.10. The number of carbonyl (C=O) groups is 1. The maximum atomic E-state index is 13.6. The summed E-state index contributed by atoms with van der Waals surface area (Å²) >= 11 is 0. The average molecular weight is 449 g/mol. The van der Waals surface area contributed by atoms with E-state index in [9.17, 15) is 27.5 Å². The number of carbonyl (C=O) groups excluding carboxylic acids is 1. The summed E-state index contributed by atoms with van der Waals surface area (Å²) in [5, 5.41) is 33.7. The maximum Gasteiger partial charge on any atom is 0.419 e. The summed E-state index contributed by atoms with van der Waals surface area (Å²) in [6, 6.07) is 5.61. The van der Waals surface area contributed by atoms with Gasteiger partial charge >= 0.3 is 6.18 Å². The summed E-state index contributed by atoms with van der Waals surface area (Å²) in [5.74, 6) is -1.60. The molecule has 1 atom stereocenters. The fourth-order valence-electron chi connectivity index (χ4n) is 3.10. The largest absolute Gasteiger partial charge is 0.419 e. The minimum atomic E-state index is -4.87. The first kappa shape index (κ1) is 22.7. The van der Waals surface area contributed by atoms with Crippen LogP contribution in [0.1, 0.15) is 23.7 Å². The molecule has 0 aliphatic rings. The second-order valence-corrected chi connectivity index (χ2v) is 7.08. The van der Waals surface area contributed by atoms with Gasteiger partial charge in [-0.25, -0.2) is 9.37 Å². The Morgan fingerprint density at radius 2 is 2.09 bits per heavy atom. The molecule has 2 heterocycles. The third kappa shape index (κ3) is 4.52. The second-order valence-electron chi connectivity index (χ2n) is 7.08. The number of amides is 1. The molecule has 3 N–H and O–H groups in total. The van der Waals surface area contributed by atoms with E-state index in [1.54, 1.807) is 0 Å². The van der Waals surface area contributed by atoms with Crippen LogP contribution >= 0.6 is 0 Å². The van der Waals surface area contributed by atoms with Gasteiger partial charge in [0.05, 0.1) is 30.2 Å². The van der Waals surface area contributed by atoms with Crippen LogP contribution in [0.3, 0.4) is 0 Å². The highest BCUT2D eigenvalue weighted by Crippen LogP contribution is 2.33. The number of nitriles is 1. The van der Waals surface area contributed by atoms with E-state index in [0.717, 1.165) is 25.4 Å². The van der Waals surface area contributed by atoms with Gasteiger partial charge in [0, 0.05) is 22.7 Å². The molecule has 12 heteroatoms. The van der Waals surface area contributed by atoms with Crippen molar-refractivity contribution in [2.45, 2.75) is 25.2 Å². The molecule has 0 bridgehead atoms. The molecule has 3 rings (SSSR count). The van der Waals surface area contributed by atoms with Crippen molar-refractivity contribution in [3.63, 3.8) is 0 Å². The van der Waals surface area contributed by atoms with Crippen molar-refractivity contribution < 1.29 is 32.7 Å². The van der Waals surface area contributed by atoms with E-state index >= 15 is 0 Å². The number of nitrogens with zero attached hydrogens (tertiary/aromatic N) is 4. The van der Waals surface area contributed by atoms with Crippen LogP contribution in [-0.4, -0.2) is 37.6 Å². The first-order valence-corrected chi connectivity index (χ1v) is 8.93.